The van der Waals surface area contributed by atoms with Crippen LogP contribution in [-0.2, 0) is 0 Å². The van der Waals surface area contributed by atoms with E-state index in [0.717, 1.165) is 23.5 Å². The van der Waals surface area contributed by atoms with Gasteiger partial charge in [-0.2, -0.15) is 0 Å². The Bertz CT molecular complexity index is 430. The van der Waals surface area contributed by atoms with Gasteiger partial charge in [0.2, 0.25) is 0 Å². The number of hydrogen-bond acceptors (Lipinski definition) is 3. The lowest BCUT2D eigenvalue weighted by Crippen LogP contribution is -2.25. The molecular weight excluding hydrogens is 264 g/mol. The van der Waals surface area contributed by atoms with Crippen LogP contribution in [0.2, 0.25) is 0 Å². The molecule has 0 spiro atoms. The average molecular weight is 292 g/mol. The molecule has 0 aliphatic carbocycles. The fourth-order valence-corrected chi connectivity index (χ4v) is 2.95. The molecule has 1 aliphatic rings. The molecule has 2 unspecified atom stereocenters. The average Bonchev–Trinajstić information content (AvgIpc) is 2.50. The molecule has 0 amide bonds. The van der Waals surface area contributed by atoms with Crippen LogP contribution in [0.15, 0.2) is 18.2 Å². The first kappa shape index (κ1) is 16.2. The molecule has 1 aromatic rings. The summed E-state index contributed by atoms with van der Waals surface area (Å²) in [4.78, 5) is 0. The van der Waals surface area contributed by atoms with Gasteiger partial charge in [-0.05, 0) is 25.0 Å². The molecular formula is C18H28O3. The van der Waals surface area contributed by atoms with E-state index in [1.807, 2.05) is 18.2 Å². The van der Waals surface area contributed by atoms with Crippen molar-refractivity contribution in [2.75, 3.05) is 7.11 Å². The highest BCUT2D eigenvalue weighted by Crippen LogP contribution is 2.38. The van der Waals surface area contributed by atoms with Crippen LogP contribution in [0, 0.1) is 0 Å². The molecule has 3 nitrogen and oxygen atoms in total. The monoisotopic (exact) mass is 292 g/mol. The van der Waals surface area contributed by atoms with Gasteiger partial charge in [0.15, 0.2) is 0 Å². The number of benzene rings is 1. The van der Waals surface area contributed by atoms with Gasteiger partial charge in [-0.15, -0.1) is 0 Å². The third-order valence-electron chi connectivity index (χ3n) is 4.24. The number of fused-ring (bicyclic) bond motifs is 1. The SMILES string of the molecule is CCCCCCCCC1CC(O)c2ccc(OC)cc2O1. The van der Waals surface area contributed by atoms with Crippen LogP contribution < -0.4 is 9.47 Å². The van der Waals surface area contributed by atoms with E-state index in [1.54, 1.807) is 7.11 Å². The maximum Gasteiger partial charge on any atom is 0.129 e. The van der Waals surface area contributed by atoms with Gasteiger partial charge in [-0.1, -0.05) is 39.0 Å². The summed E-state index contributed by atoms with van der Waals surface area (Å²) in [5.74, 6) is 1.56. The second kappa shape index (κ2) is 8.28. The largest absolute Gasteiger partial charge is 0.497 e. The lowest BCUT2D eigenvalue weighted by Gasteiger charge is -2.30. The highest BCUT2D eigenvalue weighted by molar-refractivity contribution is 5.43. The maximum atomic E-state index is 10.2. The van der Waals surface area contributed by atoms with Crippen LogP contribution in [0.4, 0.5) is 0 Å². The van der Waals surface area contributed by atoms with Crippen LogP contribution in [0.1, 0.15) is 70.0 Å². The summed E-state index contributed by atoms with van der Waals surface area (Å²) in [6, 6.07) is 5.66. The summed E-state index contributed by atoms with van der Waals surface area (Å²) in [6.07, 6.45) is 9.17. The number of hydrogen-bond donors (Lipinski definition) is 1. The first-order valence-electron chi connectivity index (χ1n) is 8.27. The van der Waals surface area contributed by atoms with Crippen molar-refractivity contribution in [2.24, 2.45) is 0 Å². The van der Waals surface area contributed by atoms with Crippen molar-refractivity contribution >= 4 is 0 Å². The van der Waals surface area contributed by atoms with Crippen LogP contribution in [0.5, 0.6) is 11.5 Å². The van der Waals surface area contributed by atoms with Gasteiger partial charge in [0.25, 0.3) is 0 Å². The van der Waals surface area contributed by atoms with Crippen LogP contribution in [0.3, 0.4) is 0 Å². The van der Waals surface area contributed by atoms with Crippen molar-refractivity contribution in [1.29, 1.82) is 0 Å². The van der Waals surface area contributed by atoms with Gasteiger partial charge in [0, 0.05) is 18.1 Å². The minimum Gasteiger partial charge on any atom is -0.497 e. The van der Waals surface area contributed by atoms with Crippen LogP contribution >= 0.6 is 0 Å². The molecule has 21 heavy (non-hydrogen) atoms. The van der Waals surface area contributed by atoms with E-state index in [9.17, 15) is 5.11 Å². The summed E-state index contributed by atoms with van der Waals surface area (Å²) in [5, 5.41) is 10.2. The Labute approximate surface area is 128 Å². The van der Waals surface area contributed by atoms with E-state index in [-0.39, 0.29) is 6.10 Å². The summed E-state index contributed by atoms with van der Waals surface area (Å²) >= 11 is 0. The third-order valence-corrected chi connectivity index (χ3v) is 4.24. The zero-order chi connectivity index (χ0) is 15.1. The van der Waals surface area contributed by atoms with E-state index in [0.29, 0.717) is 6.42 Å². The number of aliphatic hydroxyl groups excluding tert-OH is 1. The summed E-state index contributed by atoms with van der Waals surface area (Å²) in [5.41, 5.74) is 0.884. The van der Waals surface area contributed by atoms with Crippen molar-refractivity contribution in [3.8, 4) is 11.5 Å². The Morgan fingerprint density at radius 1 is 1.19 bits per heavy atom. The lowest BCUT2D eigenvalue weighted by molar-refractivity contribution is 0.0602. The van der Waals surface area contributed by atoms with E-state index in [1.165, 1.54) is 38.5 Å². The molecule has 0 saturated heterocycles. The van der Waals surface area contributed by atoms with Crippen molar-refractivity contribution in [3.63, 3.8) is 0 Å². The van der Waals surface area contributed by atoms with Gasteiger partial charge >= 0.3 is 0 Å². The Kier molecular flexibility index (Phi) is 6.37. The Morgan fingerprint density at radius 2 is 1.95 bits per heavy atom. The quantitative estimate of drug-likeness (QED) is 0.710. The molecule has 118 valence electrons. The minimum absolute atomic E-state index is 0.130. The zero-order valence-corrected chi connectivity index (χ0v) is 13.3. The van der Waals surface area contributed by atoms with E-state index >= 15 is 0 Å². The van der Waals surface area contributed by atoms with E-state index < -0.39 is 6.10 Å². The zero-order valence-electron chi connectivity index (χ0n) is 13.3. The topological polar surface area (TPSA) is 38.7 Å². The van der Waals surface area contributed by atoms with E-state index in [2.05, 4.69) is 6.92 Å². The first-order chi connectivity index (χ1) is 10.2. The Balaban J connectivity index is 1.81. The second-order valence-electron chi connectivity index (χ2n) is 5.95. The van der Waals surface area contributed by atoms with Crippen molar-refractivity contribution in [3.05, 3.63) is 23.8 Å². The molecule has 1 aromatic carbocycles. The Morgan fingerprint density at radius 3 is 2.71 bits per heavy atom. The molecule has 1 N–H and O–H groups in total. The Hall–Kier alpha value is -1.22. The summed E-state index contributed by atoms with van der Waals surface area (Å²) in [6.45, 7) is 2.24. The molecule has 0 fully saturated rings. The number of methoxy groups -OCH3 is 1. The van der Waals surface area contributed by atoms with Gasteiger partial charge in [-0.3, -0.25) is 0 Å². The van der Waals surface area contributed by atoms with Crippen molar-refractivity contribution in [2.45, 2.75) is 70.5 Å². The molecule has 2 rings (SSSR count). The van der Waals surface area contributed by atoms with Gasteiger partial charge < -0.3 is 14.6 Å². The van der Waals surface area contributed by atoms with Crippen LogP contribution in [0.25, 0.3) is 0 Å². The van der Waals surface area contributed by atoms with Gasteiger partial charge in [0.05, 0.1) is 13.2 Å². The standard InChI is InChI=1S/C18H28O3/c1-3-4-5-6-7-8-9-15-12-17(19)16-11-10-14(20-2)13-18(16)21-15/h10-11,13,15,17,19H,3-9,12H2,1-2H3. The lowest BCUT2D eigenvalue weighted by atomic mass is 9.95. The van der Waals surface area contributed by atoms with Crippen LogP contribution in [-0.4, -0.2) is 18.3 Å². The summed E-state index contributed by atoms with van der Waals surface area (Å²) < 4.78 is 11.3. The normalized spacial score (nSPS) is 20.7. The third kappa shape index (κ3) is 4.63. The fourth-order valence-electron chi connectivity index (χ4n) is 2.95. The molecule has 1 aliphatic heterocycles. The molecule has 0 radical (unpaired) electrons. The first-order valence-corrected chi connectivity index (χ1v) is 8.27. The molecule has 1 heterocycles. The number of rotatable bonds is 8. The smallest absolute Gasteiger partial charge is 0.129 e. The fraction of sp³-hybridized carbons (Fsp3) is 0.667. The second-order valence-corrected chi connectivity index (χ2v) is 5.95. The highest BCUT2D eigenvalue weighted by Gasteiger charge is 2.26. The number of aliphatic hydroxyl groups is 1. The number of unbranched alkanes of at least 4 members (excludes halogenated alkanes) is 5. The maximum absolute atomic E-state index is 10.2. The molecule has 3 heteroatoms. The molecule has 0 aromatic heterocycles. The highest BCUT2D eigenvalue weighted by atomic mass is 16.5. The molecule has 0 bridgehead atoms. The van der Waals surface area contributed by atoms with Gasteiger partial charge in [0.1, 0.15) is 17.6 Å². The van der Waals surface area contributed by atoms with Crippen molar-refractivity contribution < 1.29 is 14.6 Å². The summed E-state index contributed by atoms with van der Waals surface area (Å²) in [7, 11) is 1.65. The minimum atomic E-state index is -0.412. The number of ether oxygens (including phenoxy) is 2. The molecule has 2 atom stereocenters. The molecule has 0 saturated carbocycles. The van der Waals surface area contributed by atoms with Gasteiger partial charge in [-0.25, -0.2) is 0 Å². The van der Waals surface area contributed by atoms with E-state index in [4.69, 9.17) is 9.47 Å². The van der Waals surface area contributed by atoms with Crippen molar-refractivity contribution in [1.82, 2.24) is 0 Å². The predicted octanol–water partition coefficient (Wildman–Crippen LogP) is 4.63. The predicted molar refractivity (Wildman–Crippen MR) is 85.0 cm³/mol.